The van der Waals surface area contributed by atoms with E-state index < -0.39 is 34.7 Å². The SMILES string of the molecule is CC#C[C@@H](CCN(C(=O)O)C(C)(C)C)N[S@+]([O-])C(C)(C)C.CC#C[C@H](N)CCNC(=O)OC(C)(C)C. The van der Waals surface area contributed by atoms with Crippen LogP contribution in [0.25, 0.3) is 0 Å². The molecule has 0 heterocycles. The Morgan fingerprint density at radius 3 is 1.94 bits per heavy atom. The Balaban J connectivity index is 0. The Morgan fingerprint density at radius 1 is 1.03 bits per heavy atom. The lowest BCUT2D eigenvalue weighted by Crippen LogP contribution is -2.49. The van der Waals surface area contributed by atoms with E-state index in [9.17, 15) is 19.2 Å². The van der Waals surface area contributed by atoms with Gasteiger partial charge in [-0.15, -0.1) is 16.6 Å². The summed E-state index contributed by atoms with van der Waals surface area (Å²) >= 11 is -1.23. The minimum absolute atomic E-state index is 0.190. The molecule has 2 amide bonds. The van der Waals surface area contributed by atoms with Crippen molar-refractivity contribution in [1.82, 2.24) is 14.9 Å². The zero-order chi connectivity index (χ0) is 28.7. The van der Waals surface area contributed by atoms with Crippen LogP contribution in [0.3, 0.4) is 0 Å². The first-order valence-electron chi connectivity index (χ1n) is 12.0. The summed E-state index contributed by atoms with van der Waals surface area (Å²) in [5.41, 5.74) is 4.70. The van der Waals surface area contributed by atoms with E-state index in [0.717, 1.165) is 0 Å². The Hall–Kier alpha value is -2.11. The number of hydrogen-bond acceptors (Lipinski definition) is 6. The molecule has 10 heteroatoms. The lowest BCUT2D eigenvalue weighted by Gasteiger charge is -2.34. The van der Waals surface area contributed by atoms with Gasteiger partial charge in [0.1, 0.15) is 16.4 Å². The van der Waals surface area contributed by atoms with Crippen LogP contribution in [0.1, 0.15) is 89.0 Å². The maximum atomic E-state index is 12.1. The highest BCUT2D eigenvalue weighted by Crippen LogP contribution is 2.17. The molecule has 0 bridgehead atoms. The molecule has 0 rings (SSSR count). The van der Waals surface area contributed by atoms with Crippen molar-refractivity contribution in [2.75, 3.05) is 13.1 Å². The smallest absolute Gasteiger partial charge is 0.407 e. The van der Waals surface area contributed by atoms with E-state index in [0.29, 0.717) is 25.9 Å². The third kappa shape index (κ3) is 19.1. The molecule has 0 aliphatic rings. The Kier molecular flexibility index (Phi) is 16.6. The molecule has 0 saturated heterocycles. The normalized spacial score (nSPS) is 13.8. The molecule has 208 valence electrons. The predicted octanol–water partition coefficient (Wildman–Crippen LogP) is 3.85. The van der Waals surface area contributed by atoms with Crippen LogP contribution in [0.4, 0.5) is 9.59 Å². The van der Waals surface area contributed by atoms with E-state index in [2.05, 4.69) is 33.7 Å². The van der Waals surface area contributed by atoms with Crippen molar-refractivity contribution >= 4 is 23.5 Å². The highest BCUT2D eigenvalue weighted by atomic mass is 32.2. The van der Waals surface area contributed by atoms with Crippen molar-refractivity contribution in [1.29, 1.82) is 0 Å². The van der Waals surface area contributed by atoms with E-state index in [1.807, 2.05) is 62.3 Å². The fourth-order valence-corrected chi connectivity index (χ4v) is 3.31. The van der Waals surface area contributed by atoms with Gasteiger partial charge in [-0.25, -0.2) is 9.59 Å². The summed E-state index contributed by atoms with van der Waals surface area (Å²) in [6.45, 7) is 20.9. The number of amides is 2. The highest BCUT2D eigenvalue weighted by Gasteiger charge is 2.30. The lowest BCUT2D eigenvalue weighted by atomic mass is 10.1. The first-order chi connectivity index (χ1) is 16.2. The number of ether oxygens (including phenoxy) is 1. The number of carbonyl (C=O) groups excluding carboxylic acids is 1. The van der Waals surface area contributed by atoms with E-state index >= 15 is 0 Å². The monoisotopic (exact) mass is 528 g/mol. The number of nitrogens with one attached hydrogen (secondary N) is 2. The molecule has 9 nitrogen and oxygen atoms in total. The van der Waals surface area contributed by atoms with Crippen molar-refractivity contribution in [2.24, 2.45) is 5.73 Å². The van der Waals surface area contributed by atoms with Gasteiger partial charge in [0.15, 0.2) is 0 Å². The van der Waals surface area contributed by atoms with Crippen molar-refractivity contribution in [3.63, 3.8) is 0 Å². The largest absolute Gasteiger partial charge is 0.598 e. The molecule has 0 spiro atoms. The minimum Gasteiger partial charge on any atom is -0.598 e. The minimum atomic E-state index is -1.23. The van der Waals surface area contributed by atoms with Gasteiger partial charge in [-0.05, 0) is 89.0 Å². The summed E-state index contributed by atoms with van der Waals surface area (Å²) in [5.74, 6) is 11.3. The molecule has 0 radical (unpaired) electrons. The van der Waals surface area contributed by atoms with Gasteiger partial charge in [0.05, 0.1) is 6.04 Å². The van der Waals surface area contributed by atoms with Gasteiger partial charge in [0.25, 0.3) is 0 Å². The van der Waals surface area contributed by atoms with E-state index in [-0.39, 0.29) is 16.8 Å². The lowest BCUT2D eigenvalue weighted by molar-refractivity contribution is 0.0527. The van der Waals surface area contributed by atoms with Crippen LogP contribution in [-0.2, 0) is 16.1 Å². The van der Waals surface area contributed by atoms with Crippen LogP contribution >= 0.6 is 0 Å². The van der Waals surface area contributed by atoms with Crippen LogP contribution in [0.2, 0.25) is 0 Å². The van der Waals surface area contributed by atoms with Gasteiger partial charge >= 0.3 is 12.2 Å². The highest BCUT2D eigenvalue weighted by molar-refractivity contribution is 7.90. The van der Waals surface area contributed by atoms with Crippen LogP contribution in [0.15, 0.2) is 0 Å². The second kappa shape index (κ2) is 16.6. The second-order valence-electron chi connectivity index (χ2n) is 11.1. The van der Waals surface area contributed by atoms with Crippen LogP contribution in [0.5, 0.6) is 0 Å². The molecule has 0 unspecified atom stereocenters. The number of rotatable bonds is 8. The topological polar surface area (TPSA) is 140 Å². The maximum Gasteiger partial charge on any atom is 0.407 e. The summed E-state index contributed by atoms with van der Waals surface area (Å²) in [6, 6.07) is -0.482. The van der Waals surface area contributed by atoms with Gasteiger partial charge < -0.3 is 30.3 Å². The Morgan fingerprint density at radius 2 is 1.56 bits per heavy atom. The molecule has 0 aromatic heterocycles. The van der Waals surface area contributed by atoms with Crippen LogP contribution < -0.4 is 15.8 Å². The van der Waals surface area contributed by atoms with Crippen molar-refractivity contribution in [3.8, 4) is 23.7 Å². The van der Waals surface area contributed by atoms with Gasteiger partial charge in [-0.3, -0.25) is 0 Å². The molecule has 0 aromatic rings. The average molecular weight is 529 g/mol. The molecular formula is C26H48N4O5S. The van der Waals surface area contributed by atoms with Gasteiger partial charge in [0, 0.05) is 30.0 Å². The van der Waals surface area contributed by atoms with Gasteiger partial charge in [-0.1, -0.05) is 11.8 Å². The first-order valence-corrected chi connectivity index (χ1v) is 13.1. The molecule has 0 aliphatic carbocycles. The number of carboxylic acid groups (broad SMARTS) is 1. The number of alkyl carbamates (subject to hydrolysis) is 1. The van der Waals surface area contributed by atoms with Crippen LogP contribution in [0, 0.1) is 23.7 Å². The van der Waals surface area contributed by atoms with Gasteiger partial charge in [-0.2, -0.15) is 0 Å². The van der Waals surface area contributed by atoms with Crippen molar-refractivity contribution in [3.05, 3.63) is 0 Å². The third-order valence-corrected chi connectivity index (χ3v) is 5.87. The molecule has 0 aromatic carbocycles. The number of carbonyl (C=O) groups is 2. The predicted molar refractivity (Wildman–Crippen MR) is 148 cm³/mol. The summed E-state index contributed by atoms with van der Waals surface area (Å²) < 4.78 is 19.8. The Labute approximate surface area is 222 Å². The Bertz CT molecular complexity index is 792. The fraction of sp³-hybridized carbons (Fsp3) is 0.769. The summed E-state index contributed by atoms with van der Waals surface area (Å²) in [6.07, 6.45) is -0.256. The van der Waals surface area contributed by atoms with Crippen molar-refractivity contribution < 1.29 is 24.0 Å². The molecule has 5 N–H and O–H groups in total. The molecule has 0 aliphatic heterocycles. The fourth-order valence-electron chi connectivity index (χ4n) is 2.52. The van der Waals surface area contributed by atoms with E-state index in [1.165, 1.54) is 4.90 Å². The summed E-state index contributed by atoms with van der Waals surface area (Å²) in [5, 5.41) is 11.9. The number of nitrogens with two attached hydrogens (primary N) is 1. The number of nitrogens with zero attached hydrogens (tertiary/aromatic N) is 1. The van der Waals surface area contributed by atoms with Crippen LogP contribution in [-0.4, -0.2) is 67.8 Å². The average Bonchev–Trinajstić information content (AvgIpc) is 2.65. The second-order valence-corrected chi connectivity index (χ2v) is 13.1. The standard InChI is InChI=1S/C15H28N2O3S.C11H20N2O2/c1-8-9-12(16-21(20)15(5,6)7)10-11-17(13(18)19)14(2,3)4;1-5-6-9(12)7-8-13-10(14)15-11(2,3)4/h12,16H,10-11H2,1-7H3,(H,18,19);9H,7-8,12H2,1-4H3,(H,13,14)/t12-,21+;9-/m00/s1. The first kappa shape index (κ1) is 36.0. The molecule has 0 fully saturated rings. The van der Waals surface area contributed by atoms with Crippen molar-refractivity contribution in [2.45, 2.75) is 117 Å². The zero-order valence-electron chi connectivity index (χ0n) is 24.0. The number of hydrogen-bond donors (Lipinski definition) is 4. The maximum absolute atomic E-state index is 12.1. The van der Waals surface area contributed by atoms with E-state index in [4.69, 9.17) is 10.5 Å². The quantitative estimate of drug-likeness (QED) is 0.277. The molecular weight excluding hydrogens is 480 g/mol. The molecule has 0 saturated carbocycles. The summed E-state index contributed by atoms with van der Waals surface area (Å²) in [4.78, 5) is 23.9. The third-order valence-electron chi connectivity index (χ3n) is 4.26. The van der Waals surface area contributed by atoms with E-state index in [1.54, 1.807) is 13.8 Å². The molecule has 36 heavy (non-hydrogen) atoms. The molecule has 3 atom stereocenters. The van der Waals surface area contributed by atoms with Gasteiger partial charge in [0.2, 0.25) is 0 Å². The summed E-state index contributed by atoms with van der Waals surface area (Å²) in [7, 11) is 0. The zero-order valence-corrected chi connectivity index (χ0v) is 24.8.